The Labute approximate surface area is 202 Å². The summed E-state index contributed by atoms with van der Waals surface area (Å²) in [7, 11) is 0. The molecular formula is C21H22ClF3N4O4S. The van der Waals surface area contributed by atoms with Gasteiger partial charge in [0.15, 0.2) is 16.8 Å². The van der Waals surface area contributed by atoms with Crippen molar-refractivity contribution in [1.29, 1.82) is 0 Å². The summed E-state index contributed by atoms with van der Waals surface area (Å²) in [4.78, 5) is 24.3. The molecule has 1 aromatic carbocycles. The SMILES string of the molecule is C[C@H]1CN(C(=O)OC(C)(C)C)CCN1c1nc2c(OC(F)(F)F)c(Cl)cc(-c3nccs3)c2o1. The molecule has 13 heteroatoms. The van der Waals surface area contributed by atoms with Crippen LogP contribution in [0.15, 0.2) is 22.1 Å². The number of aromatic nitrogens is 2. The summed E-state index contributed by atoms with van der Waals surface area (Å²) in [5.74, 6) is -0.639. The molecule has 1 saturated heterocycles. The van der Waals surface area contributed by atoms with Crippen LogP contribution in [0.25, 0.3) is 21.7 Å². The van der Waals surface area contributed by atoms with E-state index < -0.39 is 23.8 Å². The summed E-state index contributed by atoms with van der Waals surface area (Å²) >= 11 is 7.44. The van der Waals surface area contributed by atoms with Crippen LogP contribution < -0.4 is 9.64 Å². The number of anilines is 1. The first-order chi connectivity index (χ1) is 15.8. The molecular weight excluding hydrogens is 497 g/mol. The van der Waals surface area contributed by atoms with Crippen molar-refractivity contribution in [3.05, 3.63) is 22.7 Å². The van der Waals surface area contributed by atoms with Gasteiger partial charge in [-0.2, -0.15) is 4.98 Å². The molecule has 3 aromatic rings. The minimum absolute atomic E-state index is 0.0790. The van der Waals surface area contributed by atoms with Crippen molar-refractivity contribution in [3.8, 4) is 16.3 Å². The van der Waals surface area contributed by atoms with Gasteiger partial charge in [0.2, 0.25) is 0 Å². The number of hydrogen-bond acceptors (Lipinski definition) is 8. The van der Waals surface area contributed by atoms with Crippen molar-refractivity contribution < 1.29 is 31.9 Å². The zero-order chi connectivity index (χ0) is 24.8. The van der Waals surface area contributed by atoms with Crippen LogP contribution in [0.2, 0.25) is 5.02 Å². The van der Waals surface area contributed by atoms with Crippen LogP contribution in [-0.4, -0.2) is 58.6 Å². The summed E-state index contributed by atoms with van der Waals surface area (Å²) in [6, 6.07) is 1.17. The highest BCUT2D eigenvalue weighted by molar-refractivity contribution is 7.13. The zero-order valence-electron chi connectivity index (χ0n) is 18.8. The van der Waals surface area contributed by atoms with Gasteiger partial charge in [-0.3, -0.25) is 0 Å². The number of alkyl halides is 3. The van der Waals surface area contributed by atoms with Crippen LogP contribution in [0.3, 0.4) is 0 Å². The van der Waals surface area contributed by atoms with E-state index in [1.807, 2.05) is 6.92 Å². The molecule has 0 saturated carbocycles. The van der Waals surface area contributed by atoms with Crippen molar-refractivity contribution in [3.63, 3.8) is 0 Å². The van der Waals surface area contributed by atoms with Gasteiger partial charge in [0.1, 0.15) is 10.6 Å². The lowest BCUT2D eigenvalue weighted by atomic mass is 10.2. The van der Waals surface area contributed by atoms with Crippen LogP contribution in [0, 0.1) is 0 Å². The van der Waals surface area contributed by atoms with Crippen molar-refractivity contribution in [1.82, 2.24) is 14.9 Å². The number of hydrogen-bond donors (Lipinski definition) is 0. The third kappa shape index (κ3) is 5.17. The number of amides is 1. The minimum atomic E-state index is -4.97. The summed E-state index contributed by atoms with van der Waals surface area (Å²) in [6.45, 7) is 8.19. The van der Waals surface area contributed by atoms with E-state index in [4.69, 9.17) is 20.8 Å². The number of ether oxygens (including phenoxy) is 2. The third-order valence-corrected chi connectivity index (χ3v) is 6.06. The first-order valence-electron chi connectivity index (χ1n) is 10.4. The van der Waals surface area contributed by atoms with Crippen molar-refractivity contribution in [2.24, 2.45) is 0 Å². The van der Waals surface area contributed by atoms with E-state index in [2.05, 4.69) is 14.7 Å². The standard InChI is InChI=1S/C21H22ClF3N4O4S/c1-11-10-28(19(30)33-20(2,3)4)6-7-29(11)18-27-14-15(31-18)12(17-26-5-8-34-17)9-13(22)16(14)32-21(23,24)25/h5,8-9,11H,6-7,10H2,1-4H3/t11-/m0/s1. The summed E-state index contributed by atoms with van der Waals surface area (Å²) < 4.78 is 54.8. The fourth-order valence-electron chi connectivity index (χ4n) is 3.60. The second-order valence-electron chi connectivity index (χ2n) is 8.76. The number of fused-ring (bicyclic) bond motifs is 1. The maximum absolute atomic E-state index is 13.1. The van der Waals surface area contributed by atoms with Gasteiger partial charge < -0.3 is 23.7 Å². The Morgan fingerprint density at radius 2 is 2.03 bits per heavy atom. The van der Waals surface area contributed by atoms with E-state index in [0.29, 0.717) is 30.2 Å². The van der Waals surface area contributed by atoms with Gasteiger partial charge in [-0.05, 0) is 33.8 Å². The molecule has 1 amide bonds. The van der Waals surface area contributed by atoms with Crippen LogP contribution >= 0.6 is 22.9 Å². The van der Waals surface area contributed by atoms with Gasteiger partial charge in [0, 0.05) is 37.3 Å². The normalized spacial score (nSPS) is 17.4. The molecule has 0 unspecified atom stereocenters. The lowest BCUT2D eigenvalue weighted by Crippen LogP contribution is -2.54. The van der Waals surface area contributed by atoms with Crippen LogP contribution in [0.5, 0.6) is 5.75 Å². The van der Waals surface area contributed by atoms with Crippen molar-refractivity contribution in [2.75, 3.05) is 24.5 Å². The molecule has 1 aliphatic heterocycles. The maximum atomic E-state index is 13.1. The Morgan fingerprint density at radius 1 is 1.29 bits per heavy atom. The summed E-state index contributed by atoms with van der Waals surface area (Å²) in [5.41, 5.74) is -0.302. The largest absolute Gasteiger partial charge is 0.573 e. The predicted octanol–water partition coefficient (Wildman–Crippen LogP) is 5.95. The van der Waals surface area contributed by atoms with E-state index in [1.54, 1.807) is 42.1 Å². The van der Waals surface area contributed by atoms with E-state index in [0.717, 1.165) is 0 Å². The van der Waals surface area contributed by atoms with Gasteiger partial charge in [-0.25, -0.2) is 9.78 Å². The van der Waals surface area contributed by atoms with E-state index >= 15 is 0 Å². The molecule has 3 heterocycles. The Kier molecular flexibility index (Phi) is 6.32. The summed E-state index contributed by atoms with van der Waals surface area (Å²) in [6.07, 6.45) is -3.84. The second-order valence-corrected chi connectivity index (χ2v) is 10.1. The summed E-state index contributed by atoms with van der Waals surface area (Å²) in [5, 5.41) is 1.97. The van der Waals surface area contributed by atoms with Crippen LogP contribution in [0.4, 0.5) is 24.0 Å². The number of carbonyl (C=O) groups is 1. The number of halogens is 4. The van der Waals surface area contributed by atoms with Gasteiger partial charge in [-0.15, -0.1) is 24.5 Å². The Hall–Kier alpha value is -2.73. The molecule has 1 fully saturated rings. The first kappa shape index (κ1) is 24.4. The lowest BCUT2D eigenvalue weighted by Gasteiger charge is -2.39. The van der Waals surface area contributed by atoms with Gasteiger partial charge >= 0.3 is 12.5 Å². The van der Waals surface area contributed by atoms with Crippen molar-refractivity contribution >= 4 is 46.1 Å². The van der Waals surface area contributed by atoms with Gasteiger partial charge in [0.25, 0.3) is 6.01 Å². The van der Waals surface area contributed by atoms with Crippen LogP contribution in [-0.2, 0) is 4.74 Å². The molecule has 1 aliphatic rings. The minimum Gasteiger partial charge on any atom is -0.444 e. The fraction of sp³-hybridized carbons (Fsp3) is 0.476. The van der Waals surface area contributed by atoms with Gasteiger partial charge in [0.05, 0.1) is 10.6 Å². The van der Waals surface area contributed by atoms with E-state index in [9.17, 15) is 18.0 Å². The lowest BCUT2D eigenvalue weighted by molar-refractivity contribution is -0.274. The van der Waals surface area contributed by atoms with E-state index in [-0.39, 0.29) is 28.2 Å². The molecule has 0 spiro atoms. The smallest absolute Gasteiger partial charge is 0.444 e. The fourth-order valence-corrected chi connectivity index (χ4v) is 4.49. The number of nitrogens with zero attached hydrogens (tertiary/aromatic N) is 4. The molecule has 2 aromatic heterocycles. The molecule has 34 heavy (non-hydrogen) atoms. The molecule has 0 aliphatic carbocycles. The van der Waals surface area contributed by atoms with E-state index in [1.165, 1.54) is 17.4 Å². The highest BCUT2D eigenvalue weighted by Gasteiger charge is 2.36. The number of thiazole rings is 1. The Morgan fingerprint density at radius 3 is 2.62 bits per heavy atom. The average molecular weight is 519 g/mol. The topological polar surface area (TPSA) is 80.9 Å². The quantitative estimate of drug-likeness (QED) is 0.424. The average Bonchev–Trinajstić information content (AvgIpc) is 3.38. The molecule has 4 rings (SSSR count). The number of benzene rings is 1. The van der Waals surface area contributed by atoms with Crippen LogP contribution in [0.1, 0.15) is 27.7 Å². The maximum Gasteiger partial charge on any atom is 0.573 e. The number of piperazine rings is 1. The molecule has 184 valence electrons. The zero-order valence-corrected chi connectivity index (χ0v) is 20.3. The monoisotopic (exact) mass is 518 g/mol. The second kappa shape index (κ2) is 8.81. The Balaban J connectivity index is 1.69. The van der Waals surface area contributed by atoms with Gasteiger partial charge in [-0.1, -0.05) is 11.6 Å². The molecule has 1 atom stereocenters. The highest BCUT2D eigenvalue weighted by Crippen LogP contribution is 2.44. The molecule has 0 bridgehead atoms. The molecule has 8 nitrogen and oxygen atoms in total. The molecule has 0 N–H and O–H groups in total. The number of carbonyl (C=O) groups excluding carboxylic acids is 1. The molecule has 0 radical (unpaired) electrons. The first-order valence-corrected chi connectivity index (χ1v) is 11.6. The highest BCUT2D eigenvalue weighted by atomic mass is 35.5. The van der Waals surface area contributed by atoms with Crippen molar-refractivity contribution in [2.45, 2.75) is 45.7 Å². The third-order valence-electron chi connectivity index (χ3n) is 4.97. The Bertz CT molecular complexity index is 1190. The number of oxazole rings is 1. The predicted molar refractivity (Wildman–Crippen MR) is 121 cm³/mol. The number of rotatable bonds is 3.